The van der Waals surface area contributed by atoms with E-state index in [0.717, 1.165) is 0 Å². The van der Waals surface area contributed by atoms with Gasteiger partial charge in [-0.3, -0.25) is 4.79 Å². The van der Waals surface area contributed by atoms with E-state index in [1.54, 1.807) is 127 Å². The molecule has 0 radical (unpaired) electrons. The molecule has 2 heterocycles. The van der Waals surface area contributed by atoms with E-state index in [1.165, 1.54) is 31.4 Å². The summed E-state index contributed by atoms with van der Waals surface area (Å²) in [4.78, 5) is 83.0. The predicted molar refractivity (Wildman–Crippen MR) is 281 cm³/mol. The Labute approximate surface area is 449 Å². The van der Waals surface area contributed by atoms with Gasteiger partial charge in [-0.25, -0.2) is 24.0 Å². The zero-order valence-electron chi connectivity index (χ0n) is 44.0. The second-order valence-electron chi connectivity index (χ2n) is 19.9. The van der Waals surface area contributed by atoms with Gasteiger partial charge in [-0.05, 0) is 91.6 Å². The van der Waals surface area contributed by atoms with Gasteiger partial charge in [-0.15, -0.1) is 0 Å². The zero-order chi connectivity index (χ0) is 55.0. The van der Waals surface area contributed by atoms with E-state index >= 15 is 0 Å². The van der Waals surface area contributed by atoms with Gasteiger partial charge < -0.3 is 51.8 Å². The summed E-state index contributed by atoms with van der Waals surface area (Å²) in [6.45, 7) is 9.67. The van der Waals surface area contributed by atoms with E-state index in [9.17, 15) is 28.8 Å². The highest BCUT2D eigenvalue weighted by Crippen LogP contribution is 2.39. The molecule has 5 aromatic carbocycles. The summed E-state index contributed by atoms with van der Waals surface area (Å²) in [6.07, 6.45) is -12.2. The number of carbonyl (C=O) groups excluding carboxylic acids is 6. The fourth-order valence-corrected chi connectivity index (χ4v) is 9.17. The first-order valence-electron chi connectivity index (χ1n) is 25.6. The van der Waals surface area contributed by atoms with Gasteiger partial charge in [-0.2, -0.15) is 0 Å². The minimum atomic E-state index is -2.58. The number of hydrogen-bond acceptors (Lipinski definition) is 17. The average molecular weight is 1080 g/mol. The smallest absolute Gasteiger partial charge is 0.338 e. The minimum Gasteiger partial charge on any atom is -0.469 e. The highest BCUT2D eigenvalue weighted by Gasteiger charge is 2.57. The molecule has 18 heteroatoms. The molecule has 9 atom stereocenters. The molecule has 2 aliphatic heterocycles. The quantitative estimate of drug-likeness (QED) is 0.0274. The van der Waals surface area contributed by atoms with Crippen molar-refractivity contribution in [2.45, 2.75) is 120 Å². The lowest BCUT2D eigenvalue weighted by molar-refractivity contribution is -0.354. The molecule has 2 fully saturated rings. The normalized spacial score (nSPS) is 22.4. The van der Waals surface area contributed by atoms with Crippen molar-refractivity contribution in [3.8, 4) is 0 Å². The van der Waals surface area contributed by atoms with Gasteiger partial charge in [0.15, 0.2) is 57.5 Å². The summed E-state index contributed by atoms with van der Waals surface area (Å²) >= 11 is 0. The molecule has 0 N–H and O–H groups in total. The monoisotopic (exact) mass is 1070 g/mol. The van der Waals surface area contributed by atoms with E-state index in [0.29, 0.717) is 19.3 Å². The van der Waals surface area contributed by atoms with Crippen molar-refractivity contribution in [2.24, 2.45) is 0 Å². The SMILES string of the molecule is COC(=O)CCCCCO[C@@H]1O[C@H](CO[Si](C)(C)C(C)(C)C)[C@@H](OC(=O)c2ccccc2)[C@H](OC(=O)c2ccccc2)[C@@H]1O[C@@H]1OC[C@@H](OC(=O)c2ccccc2)[C@H](OC(=O)c2ccccc2)[C@H]1OC(=O)c1ccccc1. The number of hydrogen-bond donors (Lipinski definition) is 0. The maximum Gasteiger partial charge on any atom is 0.338 e. The molecule has 408 valence electrons. The third kappa shape index (κ3) is 15.8. The van der Waals surface area contributed by atoms with Gasteiger partial charge in [0.25, 0.3) is 0 Å². The summed E-state index contributed by atoms with van der Waals surface area (Å²) < 4.78 is 69.7. The zero-order valence-corrected chi connectivity index (χ0v) is 45.0. The number of methoxy groups -OCH3 is 1. The van der Waals surface area contributed by atoms with Gasteiger partial charge in [0, 0.05) is 13.0 Å². The molecule has 77 heavy (non-hydrogen) atoms. The Bertz CT molecular complexity index is 2700. The van der Waals surface area contributed by atoms with Crippen molar-refractivity contribution >= 4 is 44.1 Å². The molecular weight excluding hydrogens is 1010 g/mol. The van der Waals surface area contributed by atoms with Crippen LogP contribution in [-0.4, -0.2) is 126 Å². The molecule has 0 bridgehead atoms. The molecule has 2 aliphatic rings. The molecule has 2 saturated heterocycles. The Morgan fingerprint density at radius 3 is 1.36 bits per heavy atom. The van der Waals surface area contributed by atoms with Gasteiger partial charge in [0.05, 0.1) is 48.1 Å². The fourth-order valence-electron chi connectivity index (χ4n) is 8.15. The first-order chi connectivity index (χ1) is 37.0. The lowest BCUT2D eigenvalue weighted by Gasteiger charge is -2.48. The van der Waals surface area contributed by atoms with Crippen molar-refractivity contribution in [2.75, 3.05) is 26.9 Å². The van der Waals surface area contributed by atoms with E-state index in [1.807, 2.05) is 13.1 Å². The maximum absolute atomic E-state index is 14.5. The third-order valence-electron chi connectivity index (χ3n) is 13.5. The maximum atomic E-state index is 14.5. The molecule has 0 spiro atoms. The van der Waals surface area contributed by atoms with Crippen LogP contribution >= 0.6 is 0 Å². The van der Waals surface area contributed by atoms with Crippen LogP contribution < -0.4 is 0 Å². The average Bonchev–Trinajstić information content (AvgIpc) is 3.45. The minimum absolute atomic E-state index is 0.0160. The summed E-state index contributed by atoms with van der Waals surface area (Å²) in [5, 5.41) is -0.277. The van der Waals surface area contributed by atoms with Crippen LogP contribution in [0, 0.1) is 0 Å². The summed E-state index contributed by atoms with van der Waals surface area (Å²) in [6, 6.07) is 40.5. The van der Waals surface area contributed by atoms with Crippen LogP contribution in [0.25, 0.3) is 0 Å². The van der Waals surface area contributed by atoms with E-state index < -0.39 is 100 Å². The topological polar surface area (TPSA) is 204 Å². The van der Waals surface area contributed by atoms with Gasteiger partial charge in [-0.1, -0.05) is 118 Å². The summed E-state index contributed by atoms with van der Waals surface area (Å²) in [5.41, 5.74) is 0.718. The molecule has 0 aromatic heterocycles. The van der Waals surface area contributed by atoms with Crippen molar-refractivity contribution in [3.63, 3.8) is 0 Å². The third-order valence-corrected chi connectivity index (χ3v) is 18.0. The highest BCUT2D eigenvalue weighted by atomic mass is 28.4. The van der Waals surface area contributed by atoms with Crippen molar-refractivity contribution in [3.05, 3.63) is 179 Å². The molecule has 7 rings (SSSR count). The lowest BCUT2D eigenvalue weighted by Crippen LogP contribution is -2.66. The van der Waals surface area contributed by atoms with Gasteiger partial charge >= 0.3 is 35.8 Å². The number of rotatable bonds is 22. The van der Waals surface area contributed by atoms with Crippen LogP contribution in [0.5, 0.6) is 0 Å². The molecule has 17 nitrogen and oxygen atoms in total. The Balaban J connectivity index is 1.34. The number of esters is 6. The van der Waals surface area contributed by atoms with Crippen LogP contribution in [0.2, 0.25) is 18.1 Å². The van der Waals surface area contributed by atoms with Crippen molar-refractivity contribution in [1.82, 2.24) is 0 Å². The molecular formula is C59H66O17Si. The number of benzene rings is 5. The van der Waals surface area contributed by atoms with Crippen LogP contribution in [0.3, 0.4) is 0 Å². The van der Waals surface area contributed by atoms with Crippen molar-refractivity contribution in [1.29, 1.82) is 0 Å². The fraction of sp³-hybridized carbons (Fsp3) is 0.390. The van der Waals surface area contributed by atoms with Crippen LogP contribution in [-0.2, 0) is 56.6 Å². The number of carbonyl (C=O) groups is 6. The highest BCUT2D eigenvalue weighted by molar-refractivity contribution is 6.74. The Morgan fingerprint density at radius 2 is 0.922 bits per heavy atom. The number of ether oxygens (including phenoxy) is 10. The Hall–Kier alpha value is -7.06. The Morgan fingerprint density at radius 1 is 0.506 bits per heavy atom. The van der Waals surface area contributed by atoms with Gasteiger partial charge in [0.1, 0.15) is 6.10 Å². The molecule has 0 aliphatic carbocycles. The van der Waals surface area contributed by atoms with E-state index in [-0.39, 0.29) is 58.5 Å². The van der Waals surface area contributed by atoms with Crippen molar-refractivity contribution < 1.29 is 80.6 Å². The lowest BCUT2D eigenvalue weighted by atomic mass is 9.97. The first-order valence-corrected chi connectivity index (χ1v) is 28.5. The standard InChI is InChI=1S/C59H66O17Si/c1-59(2,3)77(5,6)69-38-45-47(72-53(62)40-27-15-8-16-28-40)49(74-55(64)42-31-19-10-20-32-42)51(57(71-45)67-36-24-12-23-35-46(60)66-4)76-58-50(75-56(65)43-33-21-11-22-34-43)48(73-54(63)41-29-17-9-18-30-41)44(37-68-58)70-52(61)39-25-13-7-14-26-39/h7-11,13-22,25-34,44-45,47-51,57-58H,12,23-24,35-38H2,1-6H3/t44-,45-,47-,48+,49+,50-,51+,57-,58+/m1/s1. The van der Waals surface area contributed by atoms with E-state index in [2.05, 4.69) is 20.8 Å². The second kappa shape index (κ2) is 27.3. The molecule has 0 saturated carbocycles. The second-order valence-corrected chi connectivity index (χ2v) is 24.7. The molecule has 0 amide bonds. The molecule has 0 unspecified atom stereocenters. The Kier molecular flexibility index (Phi) is 20.4. The summed E-state index contributed by atoms with van der Waals surface area (Å²) in [5.74, 6) is -4.54. The van der Waals surface area contributed by atoms with E-state index in [4.69, 9.17) is 51.8 Å². The summed E-state index contributed by atoms with van der Waals surface area (Å²) in [7, 11) is -1.26. The molecule has 5 aromatic rings. The predicted octanol–water partition coefficient (Wildman–Crippen LogP) is 9.35. The number of unbranched alkanes of at least 4 members (excludes halogenated alkanes) is 2. The first kappa shape index (κ1) is 57.6. The van der Waals surface area contributed by atoms with Crippen LogP contribution in [0.15, 0.2) is 152 Å². The van der Waals surface area contributed by atoms with Gasteiger partial charge in [0.2, 0.25) is 0 Å². The van der Waals surface area contributed by atoms with Crippen LogP contribution in [0.1, 0.15) is 98.2 Å². The largest absolute Gasteiger partial charge is 0.469 e. The van der Waals surface area contributed by atoms with Crippen LogP contribution in [0.4, 0.5) is 0 Å².